The Hall–Kier alpha value is -1.40. The van der Waals surface area contributed by atoms with Gasteiger partial charge in [0, 0.05) is 33.3 Å². The van der Waals surface area contributed by atoms with Crippen LogP contribution in [0, 0.1) is 0 Å². The van der Waals surface area contributed by atoms with E-state index in [0.29, 0.717) is 13.0 Å². The van der Waals surface area contributed by atoms with Gasteiger partial charge in [-0.2, -0.15) is 0 Å². The van der Waals surface area contributed by atoms with E-state index in [4.69, 9.17) is 4.74 Å². The molecule has 0 aromatic rings. The lowest BCUT2D eigenvalue weighted by Crippen LogP contribution is -2.36. The minimum absolute atomic E-state index is 0.00953. The van der Waals surface area contributed by atoms with Gasteiger partial charge in [-0.3, -0.25) is 9.59 Å². The highest BCUT2D eigenvalue weighted by molar-refractivity contribution is 5.87. The Labute approximate surface area is 120 Å². The monoisotopic (exact) mass is 283 g/mol. The second-order valence-electron chi connectivity index (χ2n) is 5.47. The van der Waals surface area contributed by atoms with Crippen LogP contribution in [0.5, 0.6) is 0 Å². The summed E-state index contributed by atoms with van der Waals surface area (Å²) in [5, 5.41) is 2.79. The normalized spacial score (nSPS) is 22.4. The maximum Gasteiger partial charge on any atom is 0.251 e. The molecule has 2 amide bonds. The Bertz CT molecular complexity index is 367. The molecule has 0 aromatic carbocycles. The zero-order valence-corrected chi connectivity index (χ0v) is 12.8. The number of carbonyl (C=O) groups is 2. The number of nitrogens with one attached hydrogen (secondary N) is 1. The molecule has 0 saturated carbocycles. The second-order valence-corrected chi connectivity index (χ2v) is 5.47. The van der Waals surface area contributed by atoms with Gasteiger partial charge in [-0.1, -0.05) is 6.08 Å². The standard InChI is InChI=1S/C14H25N3O3/c1-16(2)9-5-6-13(18)15-10-11-7-8-12(20-11)14(19)17(3)4/h5-6,11-12H,7-10H2,1-4H3,(H,15,18)/b6-5+. The molecular formula is C14H25N3O3. The summed E-state index contributed by atoms with van der Waals surface area (Å²) in [6.45, 7) is 1.18. The summed E-state index contributed by atoms with van der Waals surface area (Å²) in [6, 6.07) is 0. The molecule has 1 fully saturated rings. The Morgan fingerprint density at radius 3 is 2.55 bits per heavy atom. The van der Waals surface area contributed by atoms with Gasteiger partial charge >= 0.3 is 0 Å². The van der Waals surface area contributed by atoms with Crippen LogP contribution < -0.4 is 5.32 Å². The molecule has 0 aliphatic carbocycles. The largest absolute Gasteiger partial charge is 0.363 e. The first-order valence-corrected chi connectivity index (χ1v) is 6.86. The molecule has 114 valence electrons. The molecule has 0 radical (unpaired) electrons. The molecule has 6 heteroatoms. The lowest BCUT2D eigenvalue weighted by molar-refractivity contribution is -0.140. The van der Waals surface area contributed by atoms with Crippen molar-refractivity contribution in [3.05, 3.63) is 12.2 Å². The van der Waals surface area contributed by atoms with E-state index in [0.717, 1.165) is 13.0 Å². The van der Waals surface area contributed by atoms with E-state index in [-0.39, 0.29) is 24.0 Å². The van der Waals surface area contributed by atoms with Gasteiger partial charge in [-0.25, -0.2) is 0 Å². The smallest absolute Gasteiger partial charge is 0.251 e. The maximum absolute atomic E-state index is 11.7. The van der Waals surface area contributed by atoms with Crippen molar-refractivity contribution in [3.8, 4) is 0 Å². The van der Waals surface area contributed by atoms with E-state index >= 15 is 0 Å². The molecule has 0 spiro atoms. The second kappa shape index (κ2) is 8.01. The minimum atomic E-state index is -0.365. The van der Waals surface area contributed by atoms with Crippen molar-refractivity contribution >= 4 is 11.8 Å². The maximum atomic E-state index is 11.7. The summed E-state index contributed by atoms with van der Waals surface area (Å²) < 4.78 is 5.64. The molecule has 2 unspecified atom stereocenters. The first-order valence-electron chi connectivity index (χ1n) is 6.86. The SMILES string of the molecule is CN(C)C/C=C/C(=O)NCC1CCC(C(=O)N(C)C)O1. The van der Waals surface area contributed by atoms with Gasteiger partial charge in [0.1, 0.15) is 6.10 Å². The van der Waals surface area contributed by atoms with Gasteiger partial charge in [0.15, 0.2) is 0 Å². The van der Waals surface area contributed by atoms with Crippen molar-refractivity contribution in [3.63, 3.8) is 0 Å². The van der Waals surface area contributed by atoms with Crippen LogP contribution in [0.1, 0.15) is 12.8 Å². The number of amides is 2. The summed E-state index contributed by atoms with van der Waals surface area (Å²) in [6.07, 6.45) is 4.41. The average Bonchev–Trinajstić information content (AvgIpc) is 2.83. The molecule has 20 heavy (non-hydrogen) atoms. The van der Waals surface area contributed by atoms with Crippen LogP contribution in [0.3, 0.4) is 0 Å². The Kier molecular flexibility index (Phi) is 6.67. The predicted molar refractivity (Wildman–Crippen MR) is 77.3 cm³/mol. The van der Waals surface area contributed by atoms with E-state index in [9.17, 15) is 9.59 Å². The van der Waals surface area contributed by atoms with Crippen molar-refractivity contribution < 1.29 is 14.3 Å². The van der Waals surface area contributed by atoms with Crippen molar-refractivity contribution in [2.24, 2.45) is 0 Å². The molecule has 2 atom stereocenters. The van der Waals surface area contributed by atoms with Crippen LogP contribution in [0.15, 0.2) is 12.2 Å². The molecule has 6 nitrogen and oxygen atoms in total. The molecular weight excluding hydrogens is 258 g/mol. The highest BCUT2D eigenvalue weighted by Crippen LogP contribution is 2.20. The minimum Gasteiger partial charge on any atom is -0.363 e. The van der Waals surface area contributed by atoms with Gasteiger partial charge in [0.25, 0.3) is 5.91 Å². The fourth-order valence-electron chi connectivity index (χ4n) is 1.97. The van der Waals surface area contributed by atoms with Crippen LogP contribution >= 0.6 is 0 Å². The van der Waals surface area contributed by atoms with Crippen molar-refractivity contribution in [2.75, 3.05) is 41.3 Å². The summed E-state index contributed by atoms with van der Waals surface area (Å²) in [5.41, 5.74) is 0. The van der Waals surface area contributed by atoms with Crippen LogP contribution in [0.25, 0.3) is 0 Å². The predicted octanol–water partition coefficient (Wildman–Crippen LogP) is -0.144. The average molecular weight is 283 g/mol. The van der Waals surface area contributed by atoms with Gasteiger partial charge < -0.3 is 19.9 Å². The first kappa shape index (κ1) is 16.7. The van der Waals surface area contributed by atoms with Crippen LogP contribution in [-0.4, -0.2) is 75.1 Å². The highest BCUT2D eigenvalue weighted by atomic mass is 16.5. The van der Waals surface area contributed by atoms with E-state index in [2.05, 4.69) is 5.32 Å². The Morgan fingerprint density at radius 1 is 1.25 bits per heavy atom. The first-order chi connectivity index (χ1) is 9.40. The third-order valence-corrected chi connectivity index (χ3v) is 3.07. The highest BCUT2D eigenvalue weighted by Gasteiger charge is 2.31. The number of likely N-dealkylation sites (N-methyl/N-ethyl adjacent to an activating group) is 2. The fourth-order valence-corrected chi connectivity index (χ4v) is 1.97. The van der Waals surface area contributed by atoms with E-state index < -0.39 is 0 Å². The number of rotatable bonds is 6. The van der Waals surface area contributed by atoms with Gasteiger partial charge in [-0.15, -0.1) is 0 Å². The van der Waals surface area contributed by atoms with Gasteiger partial charge in [0.2, 0.25) is 5.91 Å². The topological polar surface area (TPSA) is 61.9 Å². The quantitative estimate of drug-likeness (QED) is 0.689. The van der Waals surface area contributed by atoms with E-state index in [1.807, 2.05) is 25.1 Å². The van der Waals surface area contributed by atoms with Crippen LogP contribution in [-0.2, 0) is 14.3 Å². The molecule has 0 bridgehead atoms. The molecule has 1 heterocycles. The number of nitrogens with zero attached hydrogens (tertiary/aromatic N) is 2. The zero-order chi connectivity index (χ0) is 15.1. The lowest BCUT2D eigenvalue weighted by atomic mass is 10.2. The molecule has 0 aromatic heterocycles. The molecule has 1 saturated heterocycles. The summed E-state index contributed by atoms with van der Waals surface area (Å²) in [5.74, 6) is -0.137. The van der Waals surface area contributed by atoms with Crippen LogP contribution in [0.2, 0.25) is 0 Å². The third-order valence-electron chi connectivity index (χ3n) is 3.07. The molecule has 1 aliphatic heterocycles. The number of hydrogen-bond acceptors (Lipinski definition) is 4. The number of hydrogen-bond donors (Lipinski definition) is 1. The Balaban J connectivity index is 2.25. The summed E-state index contributed by atoms with van der Waals surface area (Å²) >= 11 is 0. The van der Waals surface area contributed by atoms with Crippen molar-refractivity contribution in [1.29, 1.82) is 0 Å². The van der Waals surface area contributed by atoms with Gasteiger partial charge in [-0.05, 0) is 26.9 Å². The van der Waals surface area contributed by atoms with Gasteiger partial charge in [0.05, 0.1) is 6.10 Å². The number of ether oxygens (including phenoxy) is 1. The van der Waals surface area contributed by atoms with Crippen molar-refractivity contribution in [1.82, 2.24) is 15.1 Å². The fraction of sp³-hybridized carbons (Fsp3) is 0.714. The number of carbonyl (C=O) groups excluding carboxylic acids is 2. The molecule has 1 N–H and O–H groups in total. The summed E-state index contributed by atoms with van der Waals surface area (Å²) in [7, 11) is 7.32. The van der Waals surface area contributed by atoms with Crippen molar-refractivity contribution in [2.45, 2.75) is 25.0 Å². The van der Waals surface area contributed by atoms with E-state index in [1.54, 1.807) is 14.1 Å². The molecule has 1 rings (SSSR count). The third kappa shape index (κ3) is 5.71. The molecule has 1 aliphatic rings. The Morgan fingerprint density at radius 2 is 1.95 bits per heavy atom. The lowest BCUT2D eigenvalue weighted by Gasteiger charge is -2.17. The van der Waals surface area contributed by atoms with Crippen LogP contribution in [0.4, 0.5) is 0 Å². The van der Waals surface area contributed by atoms with E-state index in [1.165, 1.54) is 11.0 Å². The summed E-state index contributed by atoms with van der Waals surface area (Å²) in [4.78, 5) is 26.8. The zero-order valence-electron chi connectivity index (χ0n) is 12.8.